The third-order valence-corrected chi connectivity index (χ3v) is 1.74. The minimum absolute atomic E-state index is 0.0773. The molecule has 0 radical (unpaired) electrons. The van der Waals surface area contributed by atoms with Crippen LogP contribution in [-0.2, 0) is 14.3 Å². The number of amides is 2. The van der Waals surface area contributed by atoms with Crippen LogP contribution in [0.3, 0.4) is 0 Å². The molecular weight excluding hydrogens is 216 g/mol. The molecule has 0 bridgehead atoms. The molecule has 7 nitrogen and oxygen atoms in total. The second-order valence-corrected chi connectivity index (χ2v) is 3.04. The Kier molecular flexibility index (Phi) is 8.41. The van der Waals surface area contributed by atoms with Crippen molar-refractivity contribution >= 4 is 11.8 Å². The Morgan fingerprint density at radius 1 is 1.25 bits per heavy atom. The van der Waals surface area contributed by atoms with Crippen LogP contribution in [0.15, 0.2) is 0 Å². The van der Waals surface area contributed by atoms with Gasteiger partial charge in [0.15, 0.2) is 0 Å². The second-order valence-electron chi connectivity index (χ2n) is 3.04. The number of carbonyl (C=O) groups excluding carboxylic acids is 2. The lowest BCUT2D eigenvalue weighted by Crippen LogP contribution is -2.43. The summed E-state index contributed by atoms with van der Waals surface area (Å²) in [6, 6.07) is 0. The van der Waals surface area contributed by atoms with Gasteiger partial charge in [-0.1, -0.05) is 0 Å². The van der Waals surface area contributed by atoms with Crippen molar-refractivity contribution in [1.29, 1.82) is 0 Å². The first-order valence-corrected chi connectivity index (χ1v) is 4.96. The maximum absolute atomic E-state index is 11.3. The summed E-state index contributed by atoms with van der Waals surface area (Å²) in [7, 11) is 1.43. The Morgan fingerprint density at radius 2 is 1.94 bits per heavy atom. The number of rotatable bonds is 7. The molecule has 0 rings (SSSR count). The van der Waals surface area contributed by atoms with Crippen LogP contribution in [0.5, 0.6) is 0 Å². The molecular formula is C9H18N2O5. The Hall–Kier alpha value is -1.18. The molecule has 0 saturated heterocycles. The van der Waals surface area contributed by atoms with E-state index in [9.17, 15) is 9.59 Å². The zero-order chi connectivity index (χ0) is 12.4. The Labute approximate surface area is 94.0 Å². The summed E-state index contributed by atoms with van der Waals surface area (Å²) < 4.78 is 4.89. The van der Waals surface area contributed by atoms with E-state index in [0.29, 0.717) is 0 Å². The van der Waals surface area contributed by atoms with Crippen LogP contribution in [0.4, 0.5) is 0 Å². The van der Waals surface area contributed by atoms with Gasteiger partial charge in [-0.2, -0.15) is 0 Å². The van der Waals surface area contributed by atoms with Crippen LogP contribution in [-0.4, -0.2) is 73.5 Å². The van der Waals surface area contributed by atoms with E-state index in [2.05, 4.69) is 5.32 Å². The molecule has 94 valence electrons. The van der Waals surface area contributed by atoms with E-state index in [4.69, 9.17) is 14.9 Å². The van der Waals surface area contributed by atoms with Crippen LogP contribution in [0.2, 0.25) is 0 Å². The molecule has 0 aliphatic heterocycles. The highest BCUT2D eigenvalue weighted by Crippen LogP contribution is 1.84. The number of nitrogens with zero attached hydrogens (tertiary/aromatic N) is 1. The van der Waals surface area contributed by atoms with Gasteiger partial charge >= 0.3 is 11.8 Å². The molecule has 3 N–H and O–H groups in total. The lowest BCUT2D eigenvalue weighted by Gasteiger charge is -2.14. The topological polar surface area (TPSA) is 99.1 Å². The van der Waals surface area contributed by atoms with Gasteiger partial charge in [-0.25, -0.2) is 0 Å². The number of hydrogen-bond donors (Lipinski definition) is 3. The molecule has 0 aliphatic rings. The molecule has 0 aliphatic carbocycles. The van der Waals surface area contributed by atoms with Crippen LogP contribution >= 0.6 is 0 Å². The number of nitrogens with one attached hydrogen (secondary N) is 1. The van der Waals surface area contributed by atoms with Crippen LogP contribution < -0.4 is 5.32 Å². The molecule has 0 unspecified atom stereocenters. The molecule has 0 aromatic heterocycles. The molecule has 0 aromatic carbocycles. The number of aliphatic hydroxyl groups is 2. The number of aliphatic hydroxyl groups excluding tert-OH is 2. The monoisotopic (exact) mass is 234 g/mol. The van der Waals surface area contributed by atoms with Gasteiger partial charge in [-0.3, -0.25) is 9.59 Å². The molecule has 0 aromatic rings. The second kappa shape index (κ2) is 9.08. The molecule has 0 saturated carbocycles. The van der Waals surface area contributed by atoms with Gasteiger partial charge < -0.3 is 25.2 Å². The summed E-state index contributed by atoms with van der Waals surface area (Å²) in [5, 5.41) is 19.3. The van der Waals surface area contributed by atoms with E-state index in [1.165, 1.54) is 7.05 Å². The first-order chi connectivity index (χ1) is 7.63. The Balaban J connectivity index is 3.67. The summed E-state index contributed by atoms with van der Waals surface area (Å²) in [6.45, 7) is 0.504. The third-order valence-electron chi connectivity index (χ3n) is 1.74. The van der Waals surface area contributed by atoms with Gasteiger partial charge in [0.05, 0.1) is 26.4 Å². The standard InChI is InChI=1S/C9H18N2O5/c1-11(3-4-12)9(15)8(14)10-2-6-16-7-5-13/h12-13H,2-7H2,1H3,(H,10,14). The highest BCUT2D eigenvalue weighted by molar-refractivity contribution is 6.34. The van der Waals surface area contributed by atoms with Gasteiger partial charge in [-0.05, 0) is 0 Å². The van der Waals surface area contributed by atoms with Crippen molar-refractivity contribution in [3.63, 3.8) is 0 Å². The largest absolute Gasteiger partial charge is 0.395 e. The minimum atomic E-state index is -0.733. The van der Waals surface area contributed by atoms with Gasteiger partial charge in [0.1, 0.15) is 0 Å². The highest BCUT2D eigenvalue weighted by Gasteiger charge is 2.17. The van der Waals surface area contributed by atoms with E-state index < -0.39 is 11.8 Å². The number of likely N-dealkylation sites (N-methyl/N-ethyl adjacent to an activating group) is 1. The summed E-state index contributed by atoms with van der Waals surface area (Å²) in [5.41, 5.74) is 0. The fraction of sp³-hybridized carbons (Fsp3) is 0.778. The maximum Gasteiger partial charge on any atom is 0.311 e. The van der Waals surface area contributed by atoms with Gasteiger partial charge in [0.25, 0.3) is 0 Å². The normalized spacial score (nSPS) is 9.94. The summed E-state index contributed by atoms with van der Waals surface area (Å²) >= 11 is 0. The molecule has 0 fully saturated rings. The Morgan fingerprint density at radius 3 is 2.50 bits per heavy atom. The third kappa shape index (κ3) is 6.33. The lowest BCUT2D eigenvalue weighted by molar-refractivity contribution is -0.145. The van der Waals surface area contributed by atoms with Crippen molar-refractivity contribution in [2.75, 3.05) is 46.6 Å². The predicted molar refractivity (Wildman–Crippen MR) is 55.6 cm³/mol. The van der Waals surface area contributed by atoms with Crippen molar-refractivity contribution in [2.24, 2.45) is 0 Å². The summed E-state index contributed by atoms with van der Waals surface area (Å²) in [4.78, 5) is 23.6. The molecule has 7 heteroatoms. The van der Waals surface area contributed by atoms with Gasteiger partial charge in [0.2, 0.25) is 0 Å². The summed E-state index contributed by atoms with van der Waals surface area (Å²) in [5.74, 6) is -1.43. The van der Waals surface area contributed by atoms with Crippen molar-refractivity contribution in [3.8, 4) is 0 Å². The molecule has 2 amide bonds. The summed E-state index contributed by atoms with van der Waals surface area (Å²) in [6.07, 6.45) is 0. The average molecular weight is 234 g/mol. The van der Waals surface area contributed by atoms with Crippen LogP contribution in [0.1, 0.15) is 0 Å². The number of hydrogen-bond acceptors (Lipinski definition) is 5. The van der Waals surface area contributed by atoms with Crippen LogP contribution in [0, 0.1) is 0 Å². The highest BCUT2D eigenvalue weighted by atomic mass is 16.5. The van der Waals surface area contributed by atoms with E-state index in [1.54, 1.807) is 0 Å². The fourth-order valence-corrected chi connectivity index (χ4v) is 0.904. The predicted octanol–water partition coefficient (Wildman–Crippen LogP) is -2.44. The zero-order valence-corrected chi connectivity index (χ0v) is 9.31. The van der Waals surface area contributed by atoms with Crippen molar-refractivity contribution in [1.82, 2.24) is 10.2 Å². The van der Waals surface area contributed by atoms with Crippen molar-refractivity contribution in [3.05, 3.63) is 0 Å². The average Bonchev–Trinajstić information content (AvgIpc) is 2.27. The SMILES string of the molecule is CN(CCO)C(=O)C(=O)NCCOCCO. The van der Waals surface area contributed by atoms with Gasteiger partial charge in [0, 0.05) is 20.1 Å². The molecule has 0 spiro atoms. The maximum atomic E-state index is 11.3. The minimum Gasteiger partial charge on any atom is -0.395 e. The number of carbonyl (C=O) groups is 2. The smallest absolute Gasteiger partial charge is 0.311 e. The lowest BCUT2D eigenvalue weighted by atomic mass is 10.4. The fourth-order valence-electron chi connectivity index (χ4n) is 0.904. The van der Waals surface area contributed by atoms with E-state index >= 15 is 0 Å². The Bertz CT molecular complexity index is 222. The van der Waals surface area contributed by atoms with E-state index in [1.807, 2.05) is 0 Å². The molecule has 0 atom stereocenters. The quantitative estimate of drug-likeness (QED) is 0.336. The van der Waals surface area contributed by atoms with E-state index in [0.717, 1.165) is 4.90 Å². The van der Waals surface area contributed by atoms with Crippen molar-refractivity contribution < 1.29 is 24.5 Å². The first-order valence-electron chi connectivity index (χ1n) is 4.96. The van der Waals surface area contributed by atoms with Crippen LogP contribution in [0.25, 0.3) is 0 Å². The molecule has 0 heterocycles. The van der Waals surface area contributed by atoms with Crippen molar-refractivity contribution in [2.45, 2.75) is 0 Å². The first kappa shape index (κ1) is 14.8. The molecule has 16 heavy (non-hydrogen) atoms. The zero-order valence-electron chi connectivity index (χ0n) is 9.31. The van der Waals surface area contributed by atoms with E-state index in [-0.39, 0.29) is 39.5 Å². The number of ether oxygens (including phenoxy) is 1. The van der Waals surface area contributed by atoms with Gasteiger partial charge in [-0.15, -0.1) is 0 Å².